The SMILES string of the molecule is COc1ccc(C[NH+](CC(=O)N2CCc3ccccc32)C2CC2)cc1. The number of nitrogens with one attached hydrogen (secondary N) is 1. The summed E-state index contributed by atoms with van der Waals surface area (Å²) >= 11 is 0. The lowest BCUT2D eigenvalue weighted by molar-refractivity contribution is -0.917. The van der Waals surface area contributed by atoms with Crippen molar-refractivity contribution in [3.63, 3.8) is 0 Å². The predicted octanol–water partition coefficient (Wildman–Crippen LogP) is 1.83. The number of rotatable bonds is 6. The Labute approximate surface area is 149 Å². The molecular weight excluding hydrogens is 312 g/mol. The van der Waals surface area contributed by atoms with Gasteiger partial charge in [-0.25, -0.2) is 0 Å². The van der Waals surface area contributed by atoms with Crippen molar-refractivity contribution in [3.05, 3.63) is 59.7 Å². The molecule has 1 aliphatic heterocycles. The summed E-state index contributed by atoms with van der Waals surface area (Å²) in [4.78, 5) is 16.3. The maximum Gasteiger partial charge on any atom is 0.282 e. The van der Waals surface area contributed by atoms with E-state index in [2.05, 4.69) is 30.3 Å². The molecular formula is C21H25N2O2+. The third kappa shape index (κ3) is 3.54. The van der Waals surface area contributed by atoms with Crippen LogP contribution in [0.25, 0.3) is 0 Å². The number of benzene rings is 2. The van der Waals surface area contributed by atoms with Gasteiger partial charge in [-0.05, 0) is 42.3 Å². The molecule has 2 aromatic carbocycles. The van der Waals surface area contributed by atoms with Crippen molar-refractivity contribution in [3.8, 4) is 5.75 Å². The molecule has 25 heavy (non-hydrogen) atoms. The number of ether oxygens (including phenoxy) is 1. The van der Waals surface area contributed by atoms with Crippen molar-refractivity contribution < 1.29 is 14.4 Å². The molecule has 130 valence electrons. The molecule has 0 aromatic heterocycles. The second-order valence-electron chi connectivity index (χ2n) is 7.06. The maximum atomic E-state index is 12.9. The third-order valence-electron chi connectivity index (χ3n) is 5.31. The van der Waals surface area contributed by atoms with Gasteiger partial charge in [-0.15, -0.1) is 0 Å². The van der Waals surface area contributed by atoms with Crippen molar-refractivity contribution in [1.29, 1.82) is 0 Å². The Morgan fingerprint density at radius 2 is 1.92 bits per heavy atom. The van der Waals surface area contributed by atoms with Crippen LogP contribution < -0.4 is 14.5 Å². The van der Waals surface area contributed by atoms with E-state index >= 15 is 0 Å². The monoisotopic (exact) mass is 337 g/mol. The first-order valence-corrected chi connectivity index (χ1v) is 9.10. The lowest BCUT2D eigenvalue weighted by atomic mass is 10.2. The largest absolute Gasteiger partial charge is 0.497 e. The minimum absolute atomic E-state index is 0.250. The molecule has 0 saturated heterocycles. The van der Waals surface area contributed by atoms with Crippen LogP contribution in [0, 0.1) is 0 Å². The molecule has 1 fully saturated rings. The van der Waals surface area contributed by atoms with Crippen LogP contribution in [0.2, 0.25) is 0 Å². The van der Waals surface area contributed by atoms with Crippen LogP contribution in [-0.4, -0.2) is 32.1 Å². The van der Waals surface area contributed by atoms with Gasteiger partial charge in [-0.2, -0.15) is 0 Å². The zero-order valence-electron chi connectivity index (χ0n) is 14.7. The molecule has 1 N–H and O–H groups in total. The smallest absolute Gasteiger partial charge is 0.282 e. The Morgan fingerprint density at radius 3 is 2.64 bits per heavy atom. The van der Waals surface area contributed by atoms with Crippen molar-refractivity contribution in [2.45, 2.75) is 31.8 Å². The first-order chi connectivity index (χ1) is 12.2. The van der Waals surface area contributed by atoms with Crippen LogP contribution >= 0.6 is 0 Å². The Bertz CT molecular complexity index is 753. The van der Waals surface area contributed by atoms with E-state index in [1.165, 1.54) is 28.9 Å². The van der Waals surface area contributed by atoms with Gasteiger partial charge in [0.25, 0.3) is 5.91 Å². The van der Waals surface area contributed by atoms with Gasteiger partial charge in [0, 0.05) is 30.6 Å². The summed E-state index contributed by atoms with van der Waals surface area (Å²) in [5.74, 6) is 1.13. The molecule has 4 rings (SSSR count). The van der Waals surface area contributed by atoms with E-state index in [-0.39, 0.29) is 5.91 Å². The van der Waals surface area contributed by atoms with Crippen molar-refractivity contribution in [1.82, 2.24) is 0 Å². The van der Waals surface area contributed by atoms with Crippen LogP contribution in [0.15, 0.2) is 48.5 Å². The number of para-hydroxylation sites is 1. The summed E-state index contributed by atoms with van der Waals surface area (Å²) in [6.07, 6.45) is 3.43. The van der Waals surface area contributed by atoms with Gasteiger partial charge in [0.05, 0.1) is 13.2 Å². The molecule has 1 amide bonds. The number of nitrogens with zero attached hydrogens (tertiary/aromatic N) is 1. The lowest BCUT2D eigenvalue weighted by Crippen LogP contribution is -3.13. The molecule has 0 radical (unpaired) electrons. The number of anilines is 1. The van der Waals surface area contributed by atoms with E-state index in [0.717, 1.165) is 30.9 Å². The predicted molar refractivity (Wildman–Crippen MR) is 98.0 cm³/mol. The van der Waals surface area contributed by atoms with Crippen LogP contribution in [0.5, 0.6) is 5.75 Å². The number of amides is 1. The molecule has 1 aliphatic carbocycles. The van der Waals surface area contributed by atoms with Gasteiger partial charge in [0.15, 0.2) is 6.54 Å². The number of hydrogen-bond acceptors (Lipinski definition) is 2. The molecule has 1 unspecified atom stereocenters. The second kappa shape index (κ2) is 6.89. The fourth-order valence-corrected chi connectivity index (χ4v) is 3.74. The Morgan fingerprint density at radius 1 is 1.16 bits per heavy atom. The van der Waals surface area contributed by atoms with Crippen molar-refractivity contribution >= 4 is 11.6 Å². The second-order valence-corrected chi connectivity index (χ2v) is 7.06. The molecule has 1 atom stereocenters. The maximum absolute atomic E-state index is 12.9. The molecule has 1 saturated carbocycles. The van der Waals surface area contributed by atoms with E-state index in [9.17, 15) is 4.79 Å². The fraction of sp³-hybridized carbons (Fsp3) is 0.381. The molecule has 4 heteroatoms. The van der Waals surface area contributed by atoms with Gasteiger partial charge in [-0.3, -0.25) is 4.79 Å². The summed E-state index contributed by atoms with van der Waals surface area (Å²) in [5, 5.41) is 0. The van der Waals surface area contributed by atoms with Crippen LogP contribution in [0.4, 0.5) is 5.69 Å². The highest BCUT2D eigenvalue weighted by molar-refractivity contribution is 5.96. The van der Waals surface area contributed by atoms with E-state index in [1.54, 1.807) is 7.11 Å². The zero-order valence-corrected chi connectivity index (χ0v) is 14.7. The van der Waals surface area contributed by atoms with E-state index in [1.807, 2.05) is 23.1 Å². The third-order valence-corrected chi connectivity index (χ3v) is 5.31. The van der Waals surface area contributed by atoms with Gasteiger partial charge in [0.1, 0.15) is 12.3 Å². The highest BCUT2D eigenvalue weighted by atomic mass is 16.5. The van der Waals surface area contributed by atoms with E-state index in [4.69, 9.17) is 4.74 Å². The first kappa shape index (κ1) is 16.2. The lowest BCUT2D eigenvalue weighted by Gasteiger charge is -2.23. The van der Waals surface area contributed by atoms with Crippen LogP contribution in [0.1, 0.15) is 24.0 Å². The number of methoxy groups -OCH3 is 1. The van der Waals surface area contributed by atoms with Crippen molar-refractivity contribution in [2.24, 2.45) is 0 Å². The summed E-state index contributed by atoms with van der Waals surface area (Å²) < 4.78 is 5.23. The Kier molecular flexibility index (Phi) is 4.45. The quantitative estimate of drug-likeness (QED) is 0.873. The molecule has 2 aliphatic rings. The molecule has 2 aromatic rings. The number of fused-ring (bicyclic) bond motifs is 1. The van der Waals surface area contributed by atoms with Crippen LogP contribution in [-0.2, 0) is 17.8 Å². The van der Waals surface area contributed by atoms with E-state index < -0.39 is 0 Å². The number of hydrogen-bond donors (Lipinski definition) is 1. The van der Waals surface area contributed by atoms with Gasteiger partial charge in [0.2, 0.25) is 0 Å². The number of quaternary nitrogens is 1. The highest BCUT2D eigenvalue weighted by Crippen LogP contribution is 2.27. The zero-order chi connectivity index (χ0) is 17.2. The fourth-order valence-electron chi connectivity index (χ4n) is 3.74. The summed E-state index contributed by atoms with van der Waals surface area (Å²) in [5.41, 5.74) is 3.66. The Hall–Kier alpha value is -2.33. The summed E-state index contributed by atoms with van der Waals surface area (Å²) in [6.45, 7) is 2.29. The average Bonchev–Trinajstić information content (AvgIpc) is 3.40. The number of carbonyl (C=O) groups excluding carboxylic acids is 1. The Balaban J connectivity index is 1.44. The van der Waals surface area contributed by atoms with Crippen LogP contribution in [0.3, 0.4) is 0 Å². The van der Waals surface area contributed by atoms with Gasteiger partial charge < -0.3 is 14.5 Å². The first-order valence-electron chi connectivity index (χ1n) is 9.10. The molecule has 0 spiro atoms. The number of carbonyl (C=O) groups is 1. The minimum Gasteiger partial charge on any atom is -0.497 e. The normalized spacial score (nSPS) is 17.2. The summed E-state index contributed by atoms with van der Waals surface area (Å²) in [7, 11) is 1.68. The average molecular weight is 337 g/mol. The topological polar surface area (TPSA) is 34.0 Å². The van der Waals surface area contributed by atoms with Gasteiger partial charge in [-0.1, -0.05) is 18.2 Å². The minimum atomic E-state index is 0.250. The van der Waals surface area contributed by atoms with Gasteiger partial charge >= 0.3 is 0 Å². The highest BCUT2D eigenvalue weighted by Gasteiger charge is 2.36. The standard InChI is InChI=1S/C21H24N2O2/c1-25-19-10-6-16(7-11-19)14-22(18-8-9-18)15-21(24)23-13-12-17-4-2-3-5-20(17)23/h2-7,10-11,18H,8-9,12-15H2,1H3/p+1. The molecule has 4 nitrogen and oxygen atoms in total. The molecule has 1 heterocycles. The molecule has 0 bridgehead atoms. The van der Waals surface area contributed by atoms with E-state index in [0.29, 0.717) is 12.6 Å². The van der Waals surface area contributed by atoms with Crippen molar-refractivity contribution in [2.75, 3.05) is 25.1 Å². The summed E-state index contributed by atoms with van der Waals surface area (Å²) in [6, 6.07) is 17.1.